The zero-order valence-corrected chi connectivity index (χ0v) is 17.9. The van der Waals surface area contributed by atoms with Crippen molar-refractivity contribution in [2.45, 2.75) is 26.2 Å². The molecule has 0 aliphatic rings. The van der Waals surface area contributed by atoms with Crippen molar-refractivity contribution in [3.63, 3.8) is 0 Å². The van der Waals surface area contributed by atoms with Gasteiger partial charge in [-0.1, -0.05) is 93.6 Å². The predicted octanol–water partition coefficient (Wildman–Crippen LogP) is 7.18. The van der Waals surface area contributed by atoms with Crippen LogP contribution in [0.5, 0.6) is 0 Å². The highest BCUT2D eigenvalue weighted by molar-refractivity contribution is 6.21. The summed E-state index contributed by atoms with van der Waals surface area (Å²) in [7, 11) is 0. The molecular weight excluding hydrogens is 378 g/mol. The zero-order chi connectivity index (χ0) is 21.2. The van der Waals surface area contributed by atoms with Crippen molar-refractivity contribution in [1.29, 1.82) is 0 Å². The molecule has 3 nitrogen and oxygen atoms in total. The van der Waals surface area contributed by atoms with E-state index in [0.717, 1.165) is 33.3 Å². The number of para-hydroxylation sites is 1. The zero-order valence-electron chi connectivity index (χ0n) is 17.9. The molecule has 6 aromatic rings. The number of hydrogen-bond acceptors (Lipinski definition) is 2. The van der Waals surface area contributed by atoms with Gasteiger partial charge in [0, 0.05) is 27.0 Å². The lowest BCUT2D eigenvalue weighted by Crippen LogP contribution is -2.16. The molecule has 0 spiro atoms. The lowest BCUT2D eigenvalue weighted by molar-refractivity contribution is 0.565. The highest BCUT2D eigenvalue weighted by Gasteiger charge is 2.23. The maximum atomic E-state index is 4.81. The fraction of sp³-hybridized carbons (Fsp3) is 0.143. The number of benzene rings is 4. The van der Waals surface area contributed by atoms with Crippen LogP contribution in [0.4, 0.5) is 0 Å². The van der Waals surface area contributed by atoms with Gasteiger partial charge in [0.25, 0.3) is 0 Å². The van der Waals surface area contributed by atoms with Crippen molar-refractivity contribution in [2.24, 2.45) is 0 Å². The van der Waals surface area contributed by atoms with Crippen LogP contribution in [0.25, 0.3) is 49.2 Å². The van der Waals surface area contributed by atoms with Crippen LogP contribution in [0.1, 0.15) is 26.5 Å². The molecule has 2 aromatic heterocycles. The standard InChI is InChI=1S/C28H23N3/c1-28(2,3)26-20-12-6-7-13-21(20)27(30-29-26)31-23-15-9-8-14-22(23)25-19-11-5-4-10-18(19)16-17-24(25)31/h4-17H,1-3H3. The van der Waals surface area contributed by atoms with E-state index in [1.54, 1.807) is 0 Å². The lowest BCUT2D eigenvalue weighted by Gasteiger charge is -2.20. The van der Waals surface area contributed by atoms with Gasteiger partial charge in [0.05, 0.1) is 16.7 Å². The second-order valence-electron chi connectivity index (χ2n) is 9.20. The van der Waals surface area contributed by atoms with E-state index < -0.39 is 0 Å². The molecular formula is C28H23N3. The fourth-order valence-electron chi connectivity index (χ4n) is 4.78. The molecule has 0 atom stereocenters. The Bertz CT molecular complexity index is 1620. The summed E-state index contributed by atoms with van der Waals surface area (Å²) >= 11 is 0. The largest absolute Gasteiger partial charge is 0.292 e. The Labute approximate surface area is 181 Å². The molecule has 0 unspecified atom stereocenters. The van der Waals surface area contributed by atoms with Crippen LogP contribution in [0, 0.1) is 0 Å². The molecule has 0 bridgehead atoms. The number of aromatic nitrogens is 3. The van der Waals surface area contributed by atoms with Crippen LogP contribution in [-0.2, 0) is 5.41 Å². The maximum absolute atomic E-state index is 4.81. The van der Waals surface area contributed by atoms with Gasteiger partial charge >= 0.3 is 0 Å². The molecule has 0 aliphatic heterocycles. The van der Waals surface area contributed by atoms with E-state index in [1.165, 1.54) is 21.5 Å². The van der Waals surface area contributed by atoms with Crippen LogP contribution < -0.4 is 0 Å². The summed E-state index contributed by atoms with van der Waals surface area (Å²) in [4.78, 5) is 0. The van der Waals surface area contributed by atoms with Gasteiger partial charge in [0.1, 0.15) is 0 Å². The van der Waals surface area contributed by atoms with E-state index in [-0.39, 0.29) is 5.41 Å². The van der Waals surface area contributed by atoms with Crippen molar-refractivity contribution in [2.75, 3.05) is 0 Å². The van der Waals surface area contributed by atoms with E-state index in [1.807, 2.05) is 0 Å². The van der Waals surface area contributed by atoms with Gasteiger partial charge in [-0.3, -0.25) is 4.57 Å². The summed E-state index contributed by atoms with van der Waals surface area (Å²) in [5.74, 6) is 0.880. The molecule has 0 fully saturated rings. The monoisotopic (exact) mass is 401 g/mol. The van der Waals surface area contributed by atoms with Crippen molar-refractivity contribution < 1.29 is 0 Å². The molecule has 0 radical (unpaired) electrons. The number of hydrogen-bond donors (Lipinski definition) is 0. The summed E-state index contributed by atoms with van der Waals surface area (Å²) in [6, 6.07) is 30.1. The maximum Gasteiger partial charge on any atom is 0.168 e. The molecule has 2 heterocycles. The summed E-state index contributed by atoms with van der Waals surface area (Å²) in [6.45, 7) is 6.57. The molecule has 0 amide bonds. The summed E-state index contributed by atoms with van der Waals surface area (Å²) in [5, 5.41) is 16.8. The first-order valence-electron chi connectivity index (χ1n) is 10.7. The van der Waals surface area contributed by atoms with Crippen LogP contribution in [0.3, 0.4) is 0 Å². The smallest absolute Gasteiger partial charge is 0.168 e. The van der Waals surface area contributed by atoms with Gasteiger partial charge in [-0.15, -0.1) is 5.10 Å². The van der Waals surface area contributed by atoms with E-state index in [0.29, 0.717) is 0 Å². The molecule has 6 rings (SSSR count). The Morgan fingerprint density at radius 3 is 2.00 bits per heavy atom. The van der Waals surface area contributed by atoms with E-state index in [4.69, 9.17) is 10.2 Å². The minimum atomic E-state index is -0.0812. The summed E-state index contributed by atoms with van der Waals surface area (Å²) in [6.07, 6.45) is 0. The third-order valence-electron chi connectivity index (χ3n) is 6.15. The normalized spacial score (nSPS) is 12.4. The Morgan fingerprint density at radius 2 is 1.23 bits per heavy atom. The highest BCUT2D eigenvalue weighted by Crippen LogP contribution is 2.38. The second kappa shape index (κ2) is 6.39. The van der Waals surface area contributed by atoms with Crippen LogP contribution in [0.15, 0.2) is 84.9 Å². The average molecular weight is 402 g/mol. The van der Waals surface area contributed by atoms with Gasteiger partial charge < -0.3 is 0 Å². The quantitative estimate of drug-likeness (QED) is 0.292. The first-order chi connectivity index (χ1) is 15.0. The van der Waals surface area contributed by atoms with Gasteiger partial charge in [-0.25, -0.2) is 0 Å². The van der Waals surface area contributed by atoms with E-state index in [9.17, 15) is 0 Å². The Kier molecular flexibility index (Phi) is 3.73. The number of fused-ring (bicyclic) bond motifs is 6. The Balaban J connectivity index is 1.81. The SMILES string of the molecule is CC(C)(C)c1nnc(-n2c3ccccc3c3c4ccccc4ccc32)c2ccccc12. The minimum absolute atomic E-state index is 0.0812. The Morgan fingerprint density at radius 1 is 0.581 bits per heavy atom. The topological polar surface area (TPSA) is 30.7 Å². The minimum Gasteiger partial charge on any atom is -0.292 e. The second-order valence-corrected chi connectivity index (χ2v) is 9.20. The molecule has 4 aromatic carbocycles. The first kappa shape index (κ1) is 18.1. The van der Waals surface area contributed by atoms with Crippen LogP contribution in [-0.4, -0.2) is 14.8 Å². The average Bonchev–Trinajstić information content (AvgIpc) is 3.12. The molecule has 150 valence electrons. The van der Waals surface area contributed by atoms with Crippen molar-refractivity contribution in [3.8, 4) is 5.82 Å². The molecule has 0 saturated heterocycles. The lowest BCUT2D eigenvalue weighted by atomic mass is 9.88. The van der Waals surface area contributed by atoms with Crippen molar-refractivity contribution in [3.05, 3.63) is 90.6 Å². The fourth-order valence-corrected chi connectivity index (χ4v) is 4.78. The molecule has 0 aliphatic carbocycles. The summed E-state index contributed by atoms with van der Waals surface area (Å²) < 4.78 is 2.28. The van der Waals surface area contributed by atoms with Crippen LogP contribution in [0.2, 0.25) is 0 Å². The van der Waals surface area contributed by atoms with Gasteiger partial charge in [0.15, 0.2) is 5.82 Å². The van der Waals surface area contributed by atoms with Gasteiger partial charge in [-0.2, -0.15) is 5.10 Å². The number of rotatable bonds is 1. The molecule has 0 saturated carbocycles. The third kappa shape index (κ3) is 2.59. The van der Waals surface area contributed by atoms with Crippen molar-refractivity contribution in [1.82, 2.24) is 14.8 Å². The summed E-state index contributed by atoms with van der Waals surface area (Å²) in [5.41, 5.74) is 3.25. The van der Waals surface area contributed by atoms with Crippen molar-refractivity contribution >= 4 is 43.4 Å². The molecule has 0 N–H and O–H groups in total. The predicted molar refractivity (Wildman–Crippen MR) is 130 cm³/mol. The van der Waals surface area contributed by atoms with Crippen LogP contribution >= 0.6 is 0 Å². The molecule has 31 heavy (non-hydrogen) atoms. The highest BCUT2D eigenvalue weighted by atomic mass is 15.2. The van der Waals surface area contributed by atoms with E-state index >= 15 is 0 Å². The number of nitrogens with zero attached hydrogens (tertiary/aromatic N) is 3. The third-order valence-corrected chi connectivity index (χ3v) is 6.15. The van der Waals surface area contributed by atoms with E-state index in [2.05, 4.69) is 110 Å². The first-order valence-corrected chi connectivity index (χ1v) is 10.7. The van der Waals surface area contributed by atoms with Gasteiger partial charge in [0.2, 0.25) is 0 Å². The van der Waals surface area contributed by atoms with Gasteiger partial charge in [-0.05, 0) is 22.9 Å². The Hall–Kier alpha value is -3.72. The molecule has 3 heteroatoms.